The number of benzene rings is 1. The molecule has 0 saturated carbocycles. The summed E-state index contributed by atoms with van der Waals surface area (Å²) in [6.07, 6.45) is 2.96. The van der Waals surface area contributed by atoms with Gasteiger partial charge in [-0.2, -0.15) is 9.97 Å². The molecule has 0 amide bonds. The van der Waals surface area contributed by atoms with Crippen molar-refractivity contribution >= 4 is 52.2 Å². The Morgan fingerprint density at radius 3 is 2.56 bits per heavy atom. The summed E-state index contributed by atoms with van der Waals surface area (Å²) in [4.78, 5) is 24.3. The SMILES string of the molecule is COc1cc(O)c(Cl)c(Nc2ncccc2-c2ncnc(Nc3ccc(N4CCOCC4)nc3OC)n2)c1Cl. The van der Waals surface area contributed by atoms with Crippen LogP contribution in [0, 0.1) is 0 Å². The molecule has 0 aliphatic carbocycles. The quantitative estimate of drug-likeness (QED) is 0.271. The van der Waals surface area contributed by atoms with Gasteiger partial charge in [0.1, 0.15) is 45.2 Å². The van der Waals surface area contributed by atoms with Crippen LogP contribution in [0.1, 0.15) is 0 Å². The zero-order valence-corrected chi connectivity index (χ0v) is 22.5. The van der Waals surface area contributed by atoms with Gasteiger partial charge in [0.25, 0.3) is 0 Å². The van der Waals surface area contributed by atoms with Crippen molar-refractivity contribution in [1.82, 2.24) is 24.9 Å². The van der Waals surface area contributed by atoms with Crippen molar-refractivity contribution < 1.29 is 19.3 Å². The van der Waals surface area contributed by atoms with E-state index in [-0.39, 0.29) is 33.2 Å². The van der Waals surface area contributed by atoms with Crippen LogP contribution >= 0.6 is 23.2 Å². The molecule has 1 fully saturated rings. The average molecular weight is 571 g/mol. The van der Waals surface area contributed by atoms with Gasteiger partial charge in [-0.05, 0) is 24.3 Å². The molecule has 1 aliphatic rings. The molecule has 12 nitrogen and oxygen atoms in total. The molecule has 202 valence electrons. The lowest BCUT2D eigenvalue weighted by molar-refractivity contribution is 0.122. The number of anilines is 5. The molecule has 3 aromatic heterocycles. The van der Waals surface area contributed by atoms with E-state index in [1.165, 1.54) is 19.5 Å². The summed E-state index contributed by atoms with van der Waals surface area (Å²) in [5.74, 6) is 2.17. The predicted molar refractivity (Wildman–Crippen MR) is 148 cm³/mol. The fourth-order valence-corrected chi connectivity index (χ4v) is 4.44. The topological polar surface area (TPSA) is 140 Å². The molecule has 4 aromatic rings. The number of phenolic OH excluding ortho intramolecular Hbond substituents is 1. The number of ether oxygens (including phenoxy) is 3. The van der Waals surface area contributed by atoms with E-state index >= 15 is 0 Å². The number of aromatic nitrogens is 5. The number of aromatic hydroxyl groups is 1. The minimum Gasteiger partial charge on any atom is -0.506 e. The minimum atomic E-state index is -0.202. The lowest BCUT2D eigenvalue weighted by Crippen LogP contribution is -2.36. The van der Waals surface area contributed by atoms with Gasteiger partial charge in [-0.1, -0.05) is 23.2 Å². The van der Waals surface area contributed by atoms with Crippen LogP contribution in [0.15, 0.2) is 42.9 Å². The van der Waals surface area contributed by atoms with Crippen molar-refractivity contribution in [1.29, 1.82) is 0 Å². The van der Waals surface area contributed by atoms with Gasteiger partial charge in [-0.25, -0.2) is 15.0 Å². The first-order valence-electron chi connectivity index (χ1n) is 11.8. The van der Waals surface area contributed by atoms with Crippen molar-refractivity contribution in [3.63, 3.8) is 0 Å². The monoisotopic (exact) mass is 570 g/mol. The Labute approximate surface area is 233 Å². The maximum Gasteiger partial charge on any atom is 0.239 e. The molecule has 0 radical (unpaired) electrons. The third kappa shape index (κ3) is 5.67. The zero-order chi connectivity index (χ0) is 27.4. The number of phenols is 1. The molecule has 3 N–H and O–H groups in total. The Balaban J connectivity index is 1.43. The fourth-order valence-electron chi connectivity index (χ4n) is 3.92. The average Bonchev–Trinajstić information content (AvgIpc) is 2.98. The standard InChI is InChI=1S/C25H24Cl2N8O4/c1-37-17-12-16(36)19(26)21(20(17)27)33-22-14(4-3-7-28-22)23-29-13-30-25(34-23)31-15-5-6-18(32-24(15)38-2)35-8-10-39-11-9-35/h3-7,12-13,36H,8-11H2,1-2H3,(H,28,33)(H,29,30,31,34). The number of morpholine rings is 1. The van der Waals surface area contributed by atoms with E-state index in [1.807, 2.05) is 12.1 Å². The largest absolute Gasteiger partial charge is 0.506 e. The van der Waals surface area contributed by atoms with Crippen molar-refractivity contribution in [3.8, 4) is 28.8 Å². The molecule has 1 aliphatic heterocycles. The first-order chi connectivity index (χ1) is 19.0. The van der Waals surface area contributed by atoms with Gasteiger partial charge in [0.15, 0.2) is 5.82 Å². The molecule has 4 heterocycles. The van der Waals surface area contributed by atoms with Crippen LogP contribution < -0.4 is 25.0 Å². The highest BCUT2D eigenvalue weighted by Crippen LogP contribution is 2.45. The normalized spacial score (nSPS) is 13.2. The zero-order valence-electron chi connectivity index (χ0n) is 21.0. The van der Waals surface area contributed by atoms with Crippen LogP contribution in [-0.2, 0) is 4.74 Å². The van der Waals surface area contributed by atoms with Crippen LogP contribution in [0.5, 0.6) is 17.4 Å². The molecule has 14 heteroatoms. The summed E-state index contributed by atoms with van der Waals surface area (Å²) in [7, 11) is 2.99. The molecule has 39 heavy (non-hydrogen) atoms. The highest BCUT2D eigenvalue weighted by atomic mass is 35.5. The Hall–Kier alpha value is -4.13. The van der Waals surface area contributed by atoms with Crippen molar-refractivity contribution in [2.24, 2.45) is 0 Å². The van der Waals surface area contributed by atoms with Gasteiger partial charge in [0.2, 0.25) is 11.8 Å². The Morgan fingerprint density at radius 1 is 0.974 bits per heavy atom. The lowest BCUT2D eigenvalue weighted by atomic mass is 10.2. The maximum absolute atomic E-state index is 10.2. The molecular weight excluding hydrogens is 547 g/mol. The fraction of sp³-hybridized carbons (Fsp3) is 0.240. The Morgan fingerprint density at radius 2 is 1.79 bits per heavy atom. The summed E-state index contributed by atoms with van der Waals surface area (Å²) in [5, 5.41) is 16.6. The van der Waals surface area contributed by atoms with Crippen LogP contribution in [-0.4, -0.2) is 70.5 Å². The molecule has 0 atom stereocenters. The summed E-state index contributed by atoms with van der Waals surface area (Å²) >= 11 is 12.8. The minimum absolute atomic E-state index is 0.00975. The number of nitrogens with zero attached hydrogens (tertiary/aromatic N) is 6. The Kier molecular flexibility index (Phi) is 7.96. The molecule has 0 bridgehead atoms. The van der Waals surface area contributed by atoms with E-state index in [1.54, 1.807) is 25.4 Å². The number of pyridine rings is 2. The van der Waals surface area contributed by atoms with E-state index in [0.717, 1.165) is 18.9 Å². The number of hydrogen-bond acceptors (Lipinski definition) is 12. The maximum atomic E-state index is 10.2. The first kappa shape index (κ1) is 26.5. The van der Waals surface area contributed by atoms with Gasteiger partial charge in [-0.3, -0.25) is 0 Å². The van der Waals surface area contributed by atoms with Crippen LogP contribution in [0.2, 0.25) is 10.0 Å². The number of halogens is 2. The summed E-state index contributed by atoms with van der Waals surface area (Å²) < 4.78 is 16.2. The van der Waals surface area contributed by atoms with Gasteiger partial charge >= 0.3 is 0 Å². The highest BCUT2D eigenvalue weighted by Gasteiger charge is 2.20. The predicted octanol–water partition coefficient (Wildman–Crippen LogP) is 4.68. The summed E-state index contributed by atoms with van der Waals surface area (Å²) in [6.45, 7) is 2.82. The number of methoxy groups -OCH3 is 2. The van der Waals surface area contributed by atoms with Crippen LogP contribution in [0.25, 0.3) is 11.4 Å². The van der Waals surface area contributed by atoms with Crippen LogP contribution in [0.4, 0.5) is 29.0 Å². The van der Waals surface area contributed by atoms with Gasteiger partial charge < -0.3 is 34.9 Å². The molecule has 5 rings (SSSR count). The van der Waals surface area contributed by atoms with Crippen molar-refractivity contribution in [2.75, 3.05) is 56.1 Å². The van der Waals surface area contributed by atoms with Crippen LogP contribution in [0.3, 0.4) is 0 Å². The second-order valence-electron chi connectivity index (χ2n) is 8.21. The van der Waals surface area contributed by atoms with E-state index in [4.69, 9.17) is 37.4 Å². The van der Waals surface area contributed by atoms with Gasteiger partial charge in [0, 0.05) is 25.4 Å². The third-order valence-corrected chi connectivity index (χ3v) is 6.61. The number of rotatable bonds is 8. The van der Waals surface area contributed by atoms with Crippen molar-refractivity contribution in [2.45, 2.75) is 0 Å². The van der Waals surface area contributed by atoms with Gasteiger partial charge in [-0.15, -0.1) is 0 Å². The second kappa shape index (κ2) is 11.7. The molecule has 1 saturated heterocycles. The van der Waals surface area contributed by atoms with E-state index < -0.39 is 0 Å². The third-order valence-electron chi connectivity index (χ3n) is 5.85. The van der Waals surface area contributed by atoms with Gasteiger partial charge in [0.05, 0.1) is 38.7 Å². The second-order valence-corrected chi connectivity index (χ2v) is 8.96. The molecule has 0 unspecified atom stereocenters. The van der Waals surface area contributed by atoms with E-state index in [0.29, 0.717) is 42.0 Å². The van der Waals surface area contributed by atoms with E-state index in [2.05, 4.69) is 40.5 Å². The first-order valence-corrected chi connectivity index (χ1v) is 12.5. The molecular formula is C25H24Cl2N8O4. The smallest absolute Gasteiger partial charge is 0.239 e. The van der Waals surface area contributed by atoms with E-state index in [9.17, 15) is 5.11 Å². The Bertz CT molecular complexity index is 1490. The van der Waals surface area contributed by atoms with Crippen molar-refractivity contribution in [3.05, 3.63) is 52.9 Å². The lowest BCUT2D eigenvalue weighted by Gasteiger charge is -2.28. The molecule has 1 aromatic carbocycles. The number of hydrogen-bond donors (Lipinski definition) is 3. The summed E-state index contributed by atoms with van der Waals surface area (Å²) in [6, 6.07) is 8.60. The summed E-state index contributed by atoms with van der Waals surface area (Å²) in [5.41, 5.74) is 1.34. The number of nitrogens with one attached hydrogen (secondary N) is 2. The highest BCUT2D eigenvalue weighted by molar-refractivity contribution is 6.41. The molecule has 0 spiro atoms.